The third-order valence-electron chi connectivity index (χ3n) is 3.05. The lowest BCUT2D eigenvalue weighted by atomic mass is 10.1. The first-order valence-corrected chi connectivity index (χ1v) is 6.73. The summed E-state index contributed by atoms with van der Waals surface area (Å²) in [6, 6.07) is 6.92. The summed E-state index contributed by atoms with van der Waals surface area (Å²) in [5.74, 6) is 0.116. The lowest BCUT2D eigenvalue weighted by Gasteiger charge is -2.20. The predicted octanol–water partition coefficient (Wildman–Crippen LogP) is 1.41. The molecule has 0 unspecified atom stereocenters. The number of aromatic nitrogens is 2. The lowest BCUT2D eigenvalue weighted by molar-refractivity contribution is 0.100. The van der Waals surface area contributed by atoms with Crippen molar-refractivity contribution in [2.24, 2.45) is 5.73 Å². The molecule has 0 saturated heterocycles. The molecule has 21 heavy (non-hydrogen) atoms. The average Bonchev–Trinajstić information content (AvgIpc) is 2.53. The van der Waals surface area contributed by atoms with Crippen LogP contribution in [0, 0.1) is 0 Å². The number of rotatable bonds is 6. The highest BCUT2D eigenvalue weighted by molar-refractivity contribution is 5.93. The number of nitrogens with two attached hydrogens (primary N) is 1. The van der Waals surface area contributed by atoms with Crippen molar-refractivity contribution in [1.82, 2.24) is 9.97 Å². The SMILES string of the molecule is CCCN(CO)c1cncc(-c2cccc(C(N)=O)c2)n1. The fraction of sp³-hybridized carbons (Fsp3) is 0.267. The molecule has 110 valence electrons. The van der Waals surface area contributed by atoms with Gasteiger partial charge in [-0.2, -0.15) is 0 Å². The van der Waals surface area contributed by atoms with Crippen molar-refractivity contribution < 1.29 is 9.90 Å². The van der Waals surface area contributed by atoms with Gasteiger partial charge in [-0.05, 0) is 18.6 Å². The molecule has 2 aromatic rings. The van der Waals surface area contributed by atoms with Gasteiger partial charge in [-0.15, -0.1) is 0 Å². The Hall–Kier alpha value is -2.47. The van der Waals surface area contributed by atoms with Gasteiger partial charge < -0.3 is 15.7 Å². The molecule has 0 bridgehead atoms. The Morgan fingerprint density at radius 3 is 2.86 bits per heavy atom. The van der Waals surface area contributed by atoms with Gasteiger partial charge in [-0.3, -0.25) is 9.78 Å². The standard InChI is InChI=1S/C15H18N4O2/c1-2-6-19(10-20)14-9-17-8-13(18-14)11-4-3-5-12(7-11)15(16)21/h3-5,7-9,20H,2,6,10H2,1H3,(H2,16,21). The van der Waals surface area contributed by atoms with Crippen LogP contribution in [0.1, 0.15) is 23.7 Å². The molecule has 3 N–H and O–H groups in total. The second kappa shape index (κ2) is 6.81. The highest BCUT2D eigenvalue weighted by Crippen LogP contribution is 2.20. The van der Waals surface area contributed by atoms with E-state index in [-0.39, 0.29) is 6.73 Å². The first-order valence-electron chi connectivity index (χ1n) is 6.73. The maximum Gasteiger partial charge on any atom is 0.248 e. The van der Waals surface area contributed by atoms with Gasteiger partial charge in [0.1, 0.15) is 12.5 Å². The lowest BCUT2D eigenvalue weighted by Crippen LogP contribution is -2.26. The first kappa shape index (κ1) is 14.9. The van der Waals surface area contributed by atoms with Crippen LogP contribution >= 0.6 is 0 Å². The Bertz CT molecular complexity index is 631. The molecule has 0 aliphatic heterocycles. The molecule has 0 spiro atoms. The van der Waals surface area contributed by atoms with E-state index in [1.54, 1.807) is 35.5 Å². The predicted molar refractivity (Wildman–Crippen MR) is 80.7 cm³/mol. The van der Waals surface area contributed by atoms with Crippen LogP contribution in [0.5, 0.6) is 0 Å². The van der Waals surface area contributed by atoms with Gasteiger partial charge in [-0.1, -0.05) is 19.1 Å². The van der Waals surface area contributed by atoms with Crippen LogP contribution in [-0.2, 0) is 0 Å². The topological polar surface area (TPSA) is 92.3 Å². The van der Waals surface area contributed by atoms with E-state index in [9.17, 15) is 9.90 Å². The summed E-state index contributed by atoms with van der Waals surface area (Å²) in [6.07, 6.45) is 4.11. The highest BCUT2D eigenvalue weighted by Gasteiger charge is 2.09. The Morgan fingerprint density at radius 2 is 2.19 bits per heavy atom. The van der Waals surface area contributed by atoms with E-state index in [1.165, 1.54) is 0 Å². The molecule has 0 aliphatic rings. The van der Waals surface area contributed by atoms with E-state index >= 15 is 0 Å². The highest BCUT2D eigenvalue weighted by atomic mass is 16.3. The van der Waals surface area contributed by atoms with E-state index in [0.717, 1.165) is 12.0 Å². The molecule has 0 fully saturated rings. The summed E-state index contributed by atoms with van der Waals surface area (Å²) in [4.78, 5) is 21.6. The monoisotopic (exact) mass is 286 g/mol. The van der Waals surface area contributed by atoms with Gasteiger partial charge >= 0.3 is 0 Å². The average molecular weight is 286 g/mol. The zero-order valence-electron chi connectivity index (χ0n) is 11.9. The second-order valence-corrected chi connectivity index (χ2v) is 4.61. The smallest absolute Gasteiger partial charge is 0.248 e. The molecule has 1 heterocycles. The van der Waals surface area contributed by atoms with Gasteiger partial charge in [0, 0.05) is 17.7 Å². The third-order valence-corrected chi connectivity index (χ3v) is 3.05. The summed E-state index contributed by atoms with van der Waals surface area (Å²) in [6.45, 7) is 2.60. The summed E-state index contributed by atoms with van der Waals surface area (Å²) >= 11 is 0. The molecule has 1 aromatic heterocycles. The van der Waals surface area contributed by atoms with Gasteiger partial charge in [0.2, 0.25) is 5.91 Å². The van der Waals surface area contributed by atoms with Crippen molar-refractivity contribution in [3.8, 4) is 11.3 Å². The first-order chi connectivity index (χ1) is 10.2. The minimum absolute atomic E-state index is 0.118. The number of carbonyl (C=O) groups is 1. The van der Waals surface area contributed by atoms with Crippen molar-refractivity contribution in [3.05, 3.63) is 42.2 Å². The van der Waals surface area contributed by atoms with Crippen LogP contribution in [0.3, 0.4) is 0 Å². The minimum Gasteiger partial charge on any atom is -0.376 e. The molecule has 1 amide bonds. The number of benzene rings is 1. The van der Waals surface area contributed by atoms with Crippen molar-refractivity contribution in [1.29, 1.82) is 0 Å². The molecular weight excluding hydrogens is 268 g/mol. The van der Waals surface area contributed by atoms with Crippen molar-refractivity contribution in [2.45, 2.75) is 13.3 Å². The zero-order chi connectivity index (χ0) is 15.2. The largest absolute Gasteiger partial charge is 0.376 e. The number of aliphatic hydroxyl groups excluding tert-OH is 1. The van der Waals surface area contributed by atoms with E-state index in [2.05, 4.69) is 9.97 Å². The van der Waals surface area contributed by atoms with Crippen molar-refractivity contribution >= 4 is 11.7 Å². The fourth-order valence-electron chi connectivity index (χ4n) is 2.01. The summed E-state index contributed by atoms with van der Waals surface area (Å²) in [5, 5.41) is 9.39. The molecule has 6 heteroatoms. The van der Waals surface area contributed by atoms with Crippen LogP contribution in [0.25, 0.3) is 11.3 Å². The van der Waals surface area contributed by atoms with Crippen LogP contribution < -0.4 is 10.6 Å². The van der Waals surface area contributed by atoms with Crippen LogP contribution in [0.4, 0.5) is 5.82 Å². The van der Waals surface area contributed by atoms with E-state index in [0.29, 0.717) is 23.6 Å². The zero-order valence-corrected chi connectivity index (χ0v) is 11.9. The number of primary amides is 1. The van der Waals surface area contributed by atoms with Crippen molar-refractivity contribution in [3.63, 3.8) is 0 Å². The molecule has 0 atom stereocenters. The number of carbonyl (C=O) groups excluding carboxylic acids is 1. The fourth-order valence-corrected chi connectivity index (χ4v) is 2.01. The van der Waals surface area contributed by atoms with E-state index in [4.69, 9.17) is 5.73 Å². The van der Waals surface area contributed by atoms with Gasteiger partial charge in [0.05, 0.1) is 18.1 Å². The van der Waals surface area contributed by atoms with Gasteiger partial charge in [0.15, 0.2) is 0 Å². The number of aliphatic hydroxyl groups is 1. The summed E-state index contributed by atoms with van der Waals surface area (Å²) in [5.41, 5.74) is 7.10. The van der Waals surface area contributed by atoms with Crippen LogP contribution in [0.2, 0.25) is 0 Å². The Labute approximate surface area is 123 Å². The van der Waals surface area contributed by atoms with Crippen LogP contribution in [0.15, 0.2) is 36.7 Å². The maximum absolute atomic E-state index is 11.2. The molecular formula is C15H18N4O2. The maximum atomic E-state index is 11.2. The number of hydrogen-bond acceptors (Lipinski definition) is 5. The molecule has 0 aliphatic carbocycles. The molecule has 2 rings (SSSR count). The quantitative estimate of drug-likeness (QED) is 0.783. The van der Waals surface area contributed by atoms with Gasteiger partial charge in [-0.25, -0.2) is 4.98 Å². The normalized spacial score (nSPS) is 10.4. The third kappa shape index (κ3) is 3.55. The summed E-state index contributed by atoms with van der Waals surface area (Å²) < 4.78 is 0. The molecule has 1 aromatic carbocycles. The summed E-state index contributed by atoms with van der Waals surface area (Å²) in [7, 11) is 0. The Kier molecular flexibility index (Phi) is 4.84. The number of hydrogen-bond donors (Lipinski definition) is 2. The number of nitrogens with zero attached hydrogens (tertiary/aromatic N) is 3. The Balaban J connectivity index is 2.36. The molecule has 0 radical (unpaired) electrons. The number of amides is 1. The minimum atomic E-state index is -0.482. The van der Waals surface area contributed by atoms with E-state index < -0.39 is 5.91 Å². The second-order valence-electron chi connectivity index (χ2n) is 4.61. The van der Waals surface area contributed by atoms with Crippen LogP contribution in [-0.4, -0.2) is 34.3 Å². The van der Waals surface area contributed by atoms with Gasteiger partial charge in [0.25, 0.3) is 0 Å². The molecule has 6 nitrogen and oxygen atoms in total. The number of anilines is 1. The van der Waals surface area contributed by atoms with Crippen molar-refractivity contribution in [2.75, 3.05) is 18.2 Å². The van der Waals surface area contributed by atoms with E-state index in [1.807, 2.05) is 13.0 Å². The molecule has 0 saturated carbocycles. The Morgan fingerprint density at radius 1 is 1.38 bits per heavy atom.